The molecule has 0 aliphatic rings. The summed E-state index contributed by atoms with van der Waals surface area (Å²) in [5.41, 5.74) is 9.36. The Bertz CT molecular complexity index is 557. The third kappa shape index (κ3) is 2.71. The minimum atomic E-state index is -0.220. The normalized spacial score (nSPS) is 12.2. The first-order valence-electron chi connectivity index (χ1n) is 5.62. The number of nitrogens with two attached hydrogens (primary N) is 1. The molecule has 1 unspecified atom stereocenters. The molecule has 1 atom stereocenters. The summed E-state index contributed by atoms with van der Waals surface area (Å²) in [6.45, 7) is 2.00. The number of hydrogen-bond donors (Lipinski definition) is 1. The van der Waals surface area contributed by atoms with Crippen molar-refractivity contribution in [1.82, 2.24) is 4.98 Å². The monoisotopic (exact) mass is 306 g/mol. The summed E-state index contributed by atoms with van der Waals surface area (Å²) >= 11 is 3.52. The van der Waals surface area contributed by atoms with E-state index in [-0.39, 0.29) is 6.04 Å². The van der Waals surface area contributed by atoms with Crippen molar-refractivity contribution in [1.29, 1.82) is 0 Å². The highest BCUT2D eigenvalue weighted by atomic mass is 79.9. The van der Waals surface area contributed by atoms with Gasteiger partial charge in [0.05, 0.1) is 13.2 Å². The van der Waals surface area contributed by atoms with E-state index in [9.17, 15) is 0 Å². The average molecular weight is 307 g/mol. The number of methoxy groups -OCH3 is 1. The molecule has 0 aliphatic heterocycles. The second-order valence-electron chi connectivity index (χ2n) is 4.16. The molecule has 0 saturated heterocycles. The number of aryl methyl sites for hydroxylation is 1. The van der Waals surface area contributed by atoms with Gasteiger partial charge in [0.1, 0.15) is 5.75 Å². The molecule has 0 amide bonds. The van der Waals surface area contributed by atoms with Crippen LogP contribution in [0.3, 0.4) is 0 Å². The molecule has 94 valence electrons. The van der Waals surface area contributed by atoms with Crippen molar-refractivity contribution in [3.63, 3.8) is 0 Å². The molecule has 4 heteroatoms. The van der Waals surface area contributed by atoms with Crippen LogP contribution in [-0.4, -0.2) is 12.1 Å². The van der Waals surface area contributed by atoms with Crippen LogP contribution in [0.25, 0.3) is 0 Å². The van der Waals surface area contributed by atoms with Crippen molar-refractivity contribution in [2.75, 3.05) is 7.11 Å². The zero-order valence-corrected chi connectivity index (χ0v) is 11.9. The van der Waals surface area contributed by atoms with Crippen LogP contribution in [0.4, 0.5) is 0 Å². The third-order valence-electron chi connectivity index (χ3n) is 2.79. The largest absolute Gasteiger partial charge is 0.497 e. The molecule has 1 aromatic heterocycles. The molecule has 2 N–H and O–H groups in total. The SMILES string of the molecule is COc1ccc(Br)c(C(N)c2cncc(C)c2)c1. The third-order valence-corrected chi connectivity index (χ3v) is 3.52. The fourth-order valence-corrected chi connectivity index (χ4v) is 2.31. The van der Waals surface area contributed by atoms with Crippen molar-refractivity contribution >= 4 is 15.9 Å². The second kappa shape index (κ2) is 5.50. The highest BCUT2D eigenvalue weighted by molar-refractivity contribution is 9.10. The van der Waals surface area contributed by atoms with E-state index in [1.807, 2.05) is 37.4 Å². The van der Waals surface area contributed by atoms with Gasteiger partial charge >= 0.3 is 0 Å². The molecular weight excluding hydrogens is 292 g/mol. The molecule has 2 rings (SSSR count). The van der Waals surface area contributed by atoms with Crippen LogP contribution in [0, 0.1) is 6.92 Å². The molecule has 1 heterocycles. The van der Waals surface area contributed by atoms with E-state index >= 15 is 0 Å². The zero-order chi connectivity index (χ0) is 13.1. The molecular formula is C14H15BrN2O. The molecule has 2 aromatic rings. The number of nitrogens with zero attached hydrogens (tertiary/aromatic N) is 1. The van der Waals surface area contributed by atoms with Gasteiger partial charge in [0.25, 0.3) is 0 Å². The van der Waals surface area contributed by atoms with Gasteiger partial charge in [0.2, 0.25) is 0 Å². The maximum absolute atomic E-state index is 6.28. The summed E-state index contributed by atoms with van der Waals surface area (Å²) in [5.74, 6) is 0.796. The highest BCUT2D eigenvalue weighted by Crippen LogP contribution is 2.30. The minimum Gasteiger partial charge on any atom is -0.497 e. The van der Waals surface area contributed by atoms with Gasteiger partial charge in [-0.05, 0) is 41.8 Å². The molecule has 0 fully saturated rings. The standard InChI is InChI=1S/C14H15BrN2O/c1-9-5-10(8-17-7-9)14(16)12-6-11(18-2)3-4-13(12)15/h3-8,14H,16H2,1-2H3. The fraction of sp³-hybridized carbons (Fsp3) is 0.214. The first-order chi connectivity index (χ1) is 8.61. The Morgan fingerprint density at radius 3 is 2.72 bits per heavy atom. The van der Waals surface area contributed by atoms with Crippen molar-refractivity contribution in [2.24, 2.45) is 5.73 Å². The van der Waals surface area contributed by atoms with Gasteiger partial charge in [-0.15, -0.1) is 0 Å². The van der Waals surface area contributed by atoms with E-state index in [4.69, 9.17) is 10.5 Å². The number of rotatable bonds is 3. The van der Waals surface area contributed by atoms with E-state index in [2.05, 4.69) is 20.9 Å². The van der Waals surface area contributed by atoms with Gasteiger partial charge in [0.15, 0.2) is 0 Å². The van der Waals surface area contributed by atoms with Crippen molar-refractivity contribution in [3.8, 4) is 5.75 Å². The molecule has 18 heavy (non-hydrogen) atoms. The Hall–Kier alpha value is -1.39. The first-order valence-corrected chi connectivity index (χ1v) is 6.41. The second-order valence-corrected chi connectivity index (χ2v) is 5.02. The summed E-state index contributed by atoms with van der Waals surface area (Å²) in [6, 6.07) is 7.61. The van der Waals surface area contributed by atoms with E-state index in [1.165, 1.54) is 0 Å². The summed E-state index contributed by atoms with van der Waals surface area (Å²) in [7, 11) is 1.65. The molecule has 1 aromatic carbocycles. The topological polar surface area (TPSA) is 48.1 Å². The molecule has 0 radical (unpaired) electrons. The lowest BCUT2D eigenvalue weighted by molar-refractivity contribution is 0.414. The summed E-state index contributed by atoms with van der Waals surface area (Å²) in [4.78, 5) is 4.18. The Morgan fingerprint density at radius 2 is 2.06 bits per heavy atom. The van der Waals surface area contributed by atoms with Crippen LogP contribution in [-0.2, 0) is 0 Å². The lowest BCUT2D eigenvalue weighted by atomic mass is 10.00. The van der Waals surface area contributed by atoms with Crippen LogP contribution >= 0.6 is 15.9 Å². The van der Waals surface area contributed by atoms with Crippen molar-refractivity contribution in [3.05, 3.63) is 57.8 Å². The maximum Gasteiger partial charge on any atom is 0.119 e. The Labute approximate surface area is 115 Å². The number of ether oxygens (including phenoxy) is 1. The minimum absolute atomic E-state index is 0.220. The molecule has 0 aliphatic carbocycles. The fourth-order valence-electron chi connectivity index (χ4n) is 1.82. The quantitative estimate of drug-likeness (QED) is 0.947. The lowest BCUT2D eigenvalue weighted by Crippen LogP contribution is -2.13. The van der Waals surface area contributed by atoms with Crippen LogP contribution in [0.2, 0.25) is 0 Å². The Morgan fingerprint density at radius 1 is 1.28 bits per heavy atom. The number of pyridine rings is 1. The van der Waals surface area contributed by atoms with E-state index < -0.39 is 0 Å². The average Bonchev–Trinajstić information content (AvgIpc) is 2.38. The molecule has 3 nitrogen and oxygen atoms in total. The molecule has 0 bridgehead atoms. The predicted octanol–water partition coefficient (Wildman–Crippen LogP) is 3.21. The summed E-state index contributed by atoms with van der Waals surface area (Å²) < 4.78 is 6.20. The van der Waals surface area contributed by atoms with Crippen molar-refractivity contribution in [2.45, 2.75) is 13.0 Å². The Kier molecular flexibility index (Phi) is 3.99. The lowest BCUT2D eigenvalue weighted by Gasteiger charge is -2.15. The van der Waals surface area contributed by atoms with Gasteiger partial charge in [-0.2, -0.15) is 0 Å². The zero-order valence-electron chi connectivity index (χ0n) is 10.4. The maximum atomic E-state index is 6.28. The smallest absolute Gasteiger partial charge is 0.119 e. The van der Waals surface area contributed by atoms with Crippen LogP contribution in [0.15, 0.2) is 41.1 Å². The molecule has 0 saturated carbocycles. The number of benzene rings is 1. The summed E-state index contributed by atoms with van der Waals surface area (Å²) in [6.07, 6.45) is 3.61. The highest BCUT2D eigenvalue weighted by Gasteiger charge is 2.13. The van der Waals surface area contributed by atoms with E-state index in [0.717, 1.165) is 26.9 Å². The predicted molar refractivity (Wildman–Crippen MR) is 75.7 cm³/mol. The van der Waals surface area contributed by atoms with Gasteiger partial charge in [-0.1, -0.05) is 22.0 Å². The van der Waals surface area contributed by atoms with E-state index in [1.54, 1.807) is 13.3 Å². The van der Waals surface area contributed by atoms with Gasteiger partial charge in [-0.25, -0.2) is 0 Å². The van der Waals surface area contributed by atoms with Crippen LogP contribution in [0.1, 0.15) is 22.7 Å². The van der Waals surface area contributed by atoms with Gasteiger partial charge in [0, 0.05) is 16.9 Å². The number of hydrogen-bond acceptors (Lipinski definition) is 3. The van der Waals surface area contributed by atoms with E-state index in [0.29, 0.717) is 0 Å². The number of halogens is 1. The summed E-state index contributed by atoms with van der Waals surface area (Å²) in [5, 5.41) is 0. The van der Waals surface area contributed by atoms with Crippen molar-refractivity contribution < 1.29 is 4.74 Å². The molecule has 0 spiro atoms. The first kappa shape index (κ1) is 13.1. The van der Waals surface area contributed by atoms with Crippen LogP contribution < -0.4 is 10.5 Å². The van der Waals surface area contributed by atoms with Gasteiger partial charge in [-0.3, -0.25) is 4.98 Å². The van der Waals surface area contributed by atoms with Gasteiger partial charge < -0.3 is 10.5 Å². The number of aromatic nitrogens is 1. The Balaban J connectivity index is 2.41. The van der Waals surface area contributed by atoms with Crippen LogP contribution in [0.5, 0.6) is 5.75 Å².